The van der Waals surface area contributed by atoms with E-state index in [-0.39, 0.29) is 16.3 Å². The third-order valence-electron chi connectivity index (χ3n) is 2.14. The van der Waals surface area contributed by atoms with Gasteiger partial charge >= 0.3 is 6.03 Å². The summed E-state index contributed by atoms with van der Waals surface area (Å²) in [5.74, 6) is -0.183. The first kappa shape index (κ1) is 16.4. The lowest BCUT2D eigenvalue weighted by Crippen LogP contribution is -2.35. The Bertz CT molecular complexity index is 697. The van der Waals surface area contributed by atoms with Crippen LogP contribution in [0.5, 0.6) is 0 Å². The van der Waals surface area contributed by atoms with Crippen molar-refractivity contribution in [3.63, 3.8) is 0 Å². The molecule has 0 fully saturated rings. The summed E-state index contributed by atoms with van der Waals surface area (Å²) in [5.41, 5.74) is 0.112. The van der Waals surface area contributed by atoms with Gasteiger partial charge in [0.2, 0.25) is 20.0 Å². The zero-order valence-electron chi connectivity index (χ0n) is 10.7. The fourth-order valence-corrected chi connectivity index (χ4v) is 2.90. The second kappa shape index (κ2) is 6.20. The highest BCUT2D eigenvalue weighted by Gasteiger charge is 2.14. The van der Waals surface area contributed by atoms with E-state index in [4.69, 9.17) is 5.14 Å². The van der Waals surface area contributed by atoms with Crippen LogP contribution in [-0.2, 0) is 20.0 Å². The molecule has 0 aliphatic rings. The van der Waals surface area contributed by atoms with Gasteiger partial charge in [0, 0.05) is 5.69 Å². The van der Waals surface area contributed by atoms with Crippen molar-refractivity contribution < 1.29 is 21.6 Å². The summed E-state index contributed by atoms with van der Waals surface area (Å²) in [6.07, 6.45) is 0.365. The highest BCUT2D eigenvalue weighted by Crippen LogP contribution is 2.13. The van der Waals surface area contributed by atoms with Crippen molar-refractivity contribution in [2.75, 3.05) is 11.1 Å². The summed E-state index contributed by atoms with van der Waals surface area (Å²) < 4.78 is 46.8. The molecule has 4 N–H and O–H groups in total. The number of hydrogen-bond donors (Lipinski definition) is 3. The fourth-order valence-electron chi connectivity index (χ4n) is 1.37. The molecule has 0 aliphatic heterocycles. The van der Waals surface area contributed by atoms with Crippen LogP contribution in [0.25, 0.3) is 0 Å². The Morgan fingerprint density at radius 2 is 1.90 bits per heavy atom. The molecule has 0 heterocycles. The van der Waals surface area contributed by atoms with Crippen LogP contribution >= 0.6 is 0 Å². The van der Waals surface area contributed by atoms with Gasteiger partial charge in [0.1, 0.15) is 0 Å². The van der Waals surface area contributed by atoms with Gasteiger partial charge in [-0.3, -0.25) is 0 Å². The Morgan fingerprint density at radius 3 is 2.45 bits per heavy atom. The van der Waals surface area contributed by atoms with E-state index in [9.17, 15) is 21.6 Å². The molecule has 0 unspecified atom stereocenters. The quantitative estimate of drug-likeness (QED) is 0.711. The molecular weight excluding hydrogens is 306 g/mol. The number of primary sulfonamides is 1. The molecule has 0 aliphatic carbocycles. The Morgan fingerprint density at radius 1 is 1.25 bits per heavy atom. The lowest BCUT2D eigenvalue weighted by Gasteiger charge is -2.08. The van der Waals surface area contributed by atoms with Gasteiger partial charge in [0.15, 0.2) is 0 Å². The zero-order valence-corrected chi connectivity index (χ0v) is 12.3. The van der Waals surface area contributed by atoms with Gasteiger partial charge in [0.05, 0.1) is 10.6 Å². The molecule has 0 radical (unpaired) electrons. The van der Waals surface area contributed by atoms with Crippen LogP contribution in [0, 0.1) is 0 Å². The molecule has 0 aromatic heterocycles. The molecule has 0 saturated carbocycles. The van der Waals surface area contributed by atoms with Crippen LogP contribution in [0.1, 0.15) is 13.3 Å². The summed E-state index contributed by atoms with van der Waals surface area (Å²) in [7, 11) is -7.59. The van der Waals surface area contributed by atoms with Gasteiger partial charge in [0.25, 0.3) is 0 Å². The van der Waals surface area contributed by atoms with Crippen molar-refractivity contribution in [3.8, 4) is 0 Å². The summed E-state index contributed by atoms with van der Waals surface area (Å²) >= 11 is 0. The minimum absolute atomic E-state index is 0.112. The third-order valence-corrected chi connectivity index (χ3v) is 4.49. The largest absolute Gasteiger partial charge is 0.332 e. The maximum absolute atomic E-state index is 11.5. The molecule has 0 atom stereocenters. The molecule has 2 amide bonds. The predicted molar refractivity (Wildman–Crippen MR) is 74.0 cm³/mol. The molecule has 1 aromatic rings. The fraction of sp³-hybridized carbons (Fsp3) is 0.300. The Kier molecular flexibility index (Phi) is 5.09. The number of carbonyl (C=O) groups excluding carboxylic acids is 1. The first-order valence-electron chi connectivity index (χ1n) is 5.58. The average molecular weight is 321 g/mol. The molecule has 1 aromatic carbocycles. The second-order valence-corrected chi connectivity index (χ2v) is 7.35. The number of sulfonamides is 2. The number of hydrogen-bond acceptors (Lipinski definition) is 5. The molecule has 10 heteroatoms. The van der Waals surface area contributed by atoms with Crippen LogP contribution in [0.4, 0.5) is 10.5 Å². The van der Waals surface area contributed by atoms with E-state index in [0.29, 0.717) is 6.42 Å². The van der Waals surface area contributed by atoms with Crippen LogP contribution in [-0.4, -0.2) is 28.6 Å². The van der Waals surface area contributed by atoms with Gasteiger partial charge in [-0.2, -0.15) is 0 Å². The normalized spacial score (nSPS) is 11.9. The molecule has 0 saturated heterocycles. The van der Waals surface area contributed by atoms with E-state index < -0.39 is 26.1 Å². The third kappa shape index (κ3) is 5.15. The Hall–Kier alpha value is -1.65. The molecule has 1 rings (SSSR count). The van der Waals surface area contributed by atoms with Gasteiger partial charge in [-0.25, -0.2) is 31.5 Å². The average Bonchev–Trinajstić information content (AvgIpc) is 2.26. The van der Waals surface area contributed by atoms with Crippen molar-refractivity contribution in [1.82, 2.24) is 4.72 Å². The number of carbonyl (C=O) groups is 1. The highest BCUT2D eigenvalue weighted by molar-refractivity contribution is 7.90. The number of nitrogens with one attached hydrogen (secondary N) is 2. The maximum Gasteiger partial charge on any atom is 0.332 e. The first-order valence-corrected chi connectivity index (χ1v) is 8.78. The van der Waals surface area contributed by atoms with Crippen LogP contribution < -0.4 is 15.2 Å². The number of urea groups is 1. The second-order valence-electron chi connectivity index (χ2n) is 3.95. The van der Waals surface area contributed by atoms with E-state index in [1.54, 1.807) is 11.6 Å². The highest BCUT2D eigenvalue weighted by atomic mass is 32.2. The van der Waals surface area contributed by atoms with Crippen molar-refractivity contribution in [3.05, 3.63) is 24.3 Å². The molecule has 0 spiro atoms. The van der Waals surface area contributed by atoms with Crippen LogP contribution in [0.3, 0.4) is 0 Å². The maximum atomic E-state index is 11.5. The molecule has 20 heavy (non-hydrogen) atoms. The molecule has 8 nitrogen and oxygen atoms in total. The number of benzene rings is 1. The lowest BCUT2D eigenvalue weighted by atomic mass is 10.3. The van der Waals surface area contributed by atoms with Crippen molar-refractivity contribution in [2.45, 2.75) is 18.2 Å². The van der Waals surface area contributed by atoms with Gasteiger partial charge in [-0.1, -0.05) is 13.0 Å². The van der Waals surface area contributed by atoms with E-state index in [1.807, 2.05) is 0 Å². The molecule has 112 valence electrons. The van der Waals surface area contributed by atoms with E-state index in [1.165, 1.54) is 18.2 Å². The van der Waals surface area contributed by atoms with Crippen molar-refractivity contribution in [2.24, 2.45) is 5.14 Å². The predicted octanol–water partition coefficient (Wildman–Crippen LogP) is 0.195. The SMILES string of the molecule is CCCS(=O)(=O)NC(=O)Nc1cccc(S(N)(=O)=O)c1. The first-order chi connectivity index (χ1) is 9.14. The monoisotopic (exact) mass is 321 g/mol. The minimum Gasteiger partial charge on any atom is -0.307 e. The van der Waals surface area contributed by atoms with Gasteiger partial charge in [-0.15, -0.1) is 0 Å². The van der Waals surface area contributed by atoms with Crippen molar-refractivity contribution >= 4 is 31.8 Å². The lowest BCUT2D eigenvalue weighted by molar-refractivity contribution is 0.256. The number of anilines is 1. The smallest absolute Gasteiger partial charge is 0.307 e. The van der Waals surface area contributed by atoms with Crippen LogP contribution in [0.15, 0.2) is 29.2 Å². The Balaban J connectivity index is 2.82. The summed E-state index contributed by atoms with van der Waals surface area (Å²) in [4.78, 5) is 11.3. The van der Waals surface area contributed by atoms with E-state index in [2.05, 4.69) is 5.32 Å². The Labute approximate surface area is 117 Å². The van der Waals surface area contributed by atoms with Gasteiger partial charge in [-0.05, 0) is 24.6 Å². The van der Waals surface area contributed by atoms with Gasteiger partial charge < -0.3 is 5.32 Å². The number of amides is 2. The van der Waals surface area contributed by atoms with Crippen molar-refractivity contribution in [1.29, 1.82) is 0 Å². The summed E-state index contributed by atoms with van der Waals surface area (Å²) in [5, 5.41) is 7.17. The summed E-state index contributed by atoms with van der Waals surface area (Å²) in [6, 6.07) is 4.19. The standard InChI is InChI=1S/C10H15N3O5S2/c1-2-6-19(15,16)13-10(14)12-8-4-3-5-9(7-8)20(11,17)18/h3-5,7H,2,6H2,1H3,(H2,11,17,18)(H2,12,13,14). The van der Waals surface area contributed by atoms with E-state index >= 15 is 0 Å². The zero-order chi connectivity index (χ0) is 15.4. The van der Waals surface area contributed by atoms with Crippen LogP contribution in [0.2, 0.25) is 0 Å². The topological polar surface area (TPSA) is 135 Å². The van der Waals surface area contributed by atoms with E-state index in [0.717, 1.165) is 6.07 Å². The number of rotatable bonds is 5. The minimum atomic E-state index is -3.89. The molecular formula is C10H15N3O5S2. The number of nitrogens with two attached hydrogens (primary N) is 1. The molecule has 0 bridgehead atoms. The summed E-state index contributed by atoms with van der Waals surface area (Å²) in [6.45, 7) is 1.66.